The van der Waals surface area contributed by atoms with E-state index in [1.165, 1.54) is 6.20 Å². The molecule has 1 saturated heterocycles. The van der Waals surface area contributed by atoms with Crippen molar-refractivity contribution in [2.75, 3.05) is 25.5 Å². The van der Waals surface area contributed by atoms with Gasteiger partial charge in [-0.3, -0.25) is 14.6 Å². The number of rotatable bonds is 4. The molecular formula is C13H17N3O4. The summed E-state index contributed by atoms with van der Waals surface area (Å²) in [4.78, 5) is 28.7. The van der Waals surface area contributed by atoms with E-state index in [9.17, 15) is 9.59 Å². The number of carbonyl (C=O) groups excluding carboxylic acids is 1. The fourth-order valence-electron chi connectivity index (χ4n) is 2.15. The number of anilines is 1. The van der Waals surface area contributed by atoms with Crippen LogP contribution in [-0.4, -0.2) is 52.7 Å². The van der Waals surface area contributed by atoms with Gasteiger partial charge in [0.2, 0.25) is 5.91 Å². The number of carbonyl (C=O) groups is 2. The highest BCUT2D eigenvalue weighted by atomic mass is 16.5. The normalized spacial score (nSPS) is 18.8. The highest BCUT2D eigenvalue weighted by Crippen LogP contribution is 2.13. The number of hydrogen-bond donors (Lipinski definition) is 2. The predicted octanol–water partition coefficient (Wildman–Crippen LogP) is -0.0916. The SMILES string of the molecule is Nc1ccc(CC(=O)N2CCOCC2CC(=O)O)nc1. The molecule has 0 radical (unpaired) electrons. The van der Waals surface area contributed by atoms with E-state index < -0.39 is 12.0 Å². The smallest absolute Gasteiger partial charge is 0.305 e. The van der Waals surface area contributed by atoms with Gasteiger partial charge in [-0.05, 0) is 12.1 Å². The number of nitrogen functional groups attached to an aromatic ring is 1. The molecule has 0 aromatic carbocycles. The van der Waals surface area contributed by atoms with E-state index in [4.69, 9.17) is 15.6 Å². The quantitative estimate of drug-likeness (QED) is 0.797. The molecule has 1 aromatic rings. The number of morpholine rings is 1. The summed E-state index contributed by atoms with van der Waals surface area (Å²) in [7, 11) is 0. The molecule has 0 saturated carbocycles. The molecule has 108 valence electrons. The predicted molar refractivity (Wildman–Crippen MR) is 70.9 cm³/mol. The van der Waals surface area contributed by atoms with E-state index in [1.54, 1.807) is 17.0 Å². The zero-order valence-electron chi connectivity index (χ0n) is 11.0. The van der Waals surface area contributed by atoms with E-state index in [2.05, 4.69) is 4.98 Å². The fraction of sp³-hybridized carbons (Fsp3) is 0.462. The minimum absolute atomic E-state index is 0.110. The molecule has 7 nitrogen and oxygen atoms in total. The number of nitrogens with two attached hydrogens (primary N) is 1. The van der Waals surface area contributed by atoms with Gasteiger partial charge in [-0.2, -0.15) is 0 Å². The van der Waals surface area contributed by atoms with Crippen molar-refractivity contribution in [2.24, 2.45) is 0 Å². The van der Waals surface area contributed by atoms with Gasteiger partial charge in [-0.15, -0.1) is 0 Å². The summed E-state index contributed by atoms with van der Waals surface area (Å²) in [5, 5.41) is 8.87. The number of carboxylic acid groups (broad SMARTS) is 1. The Morgan fingerprint density at radius 2 is 2.30 bits per heavy atom. The van der Waals surface area contributed by atoms with Crippen molar-refractivity contribution in [3.63, 3.8) is 0 Å². The Kier molecular flexibility index (Phi) is 4.52. The highest BCUT2D eigenvalue weighted by Gasteiger charge is 2.29. The Morgan fingerprint density at radius 3 is 2.95 bits per heavy atom. The van der Waals surface area contributed by atoms with Crippen LogP contribution < -0.4 is 5.73 Å². The average molecular weight is 279 g/mol. The van der Waals surface area contributed by atoms with Crippen LogP contribution in [0.25, 0.3) is 0 Å². The highest BCUT2D eigenvalue weighted by molar-refractivity contribution is 5.79. The van der Waals surface area contributed by atoms with E-state index in [-0.39, 0.29) is 25.4 Å². The molecule has 2 heterocycles. The summed E-state index contributed by atoms with van der Waals surface area (Å²) < 4.78 is 5.24. The van der Waals surface area contributed by atoms with Crippen molar-refractivity contribution in [2.45, 2.75) is 18.9 Å². The fourth-order valence-corrected chi connectivity index (χ4v) is 2.15. The van der Waals surface area contributed by atoms with Gasteiger partial charge >= 0.3 is 5.97 Å². The molecule has 1 aliphatic heterocycles. The molecular weight excluding hydrogens is 262 g/mol. The van der Waals surface area contributed by atoms with Crippen LogP contribution in [0.3, 0.4) is 0 Å². The number of aliphatic carboxylic acids is 1. The number of pyridine rings is 1. The van der Waals surface area contributed by atoms with Gasteiger partial charge in [0, 0.05) is 12.2 Å². The van der Waals surface area contributed by atoms with Gasteiger partial charge in [0.25, 0.3) is 0 Å². The maximum absolute atomic E-state index is 12.3. The van der Waals surface area contributed by atoms with Gasteiger partial charge in [0.05, 0.1) is 44.0 Å². The third-order valence-corrected chi connectivity index (χ3v) is 3.14. The largest absolute Gasteiger partial charge is 0.481 e. The first-order valence-corrected chi connectivity index (χ1v) is 6.35. The van der Waals surface area contributed by atoms with Crippen molar-refractivity contribution in [1.29, 1.82) is 0 Å². The topological polar surface area (TPSA) is 106 Å². The number of carboxylic acids is 1. The molecule has 1 fully saturated rings. The monoisotopic (exact) mass is 279 g/mol. The lowest BCUT2D eigenvalue weighted by molar-refractivity contribution is -0.145. The number of hydrogen-bond acceptors (Lipinski definition) is 5. The Bertz CT molecular complexity index is 489. The molecule has 3 N–H and O–H groups in total. The third kappa shape index (κ3) is 3.67. The van der Waals surface area contributed by atoms with Crippen LogP contribution in [0, 0.1) is 0 Å². The van der Waals surface area contributed by atoms with E-state index in [0.29, 0.717) is 24.5 Å². The summed E-state index contributed by atoms with van der Waals surface area (Å²) in [6, 6.07) is 2.96. The van der Waals surface area contributed by atoms with Gasteiger partial charge in [0.15, 0.2) is 0 Å². The van der Waals surface area contributed by atoms with Crippen LogP contribution in [-0.2, 0) is 20.7 Å². The van der Waals surface area contributed by atoms with Gasteiger partial charge < -0.3 is 20.5 Å². The van der Waals surface area contributed by atoms with Crippen molar-refractivity contribution in [3.8, 4) is 0 Å². The lowest BCUT2D eigenvalue weighted by Crippen LogP contribution is -2.50. The second-order valence-corrected chi connectivity index (χ2v) is 4.67. The van der Waals surface area contributed by atoms with Crippen LogP contribution in [0.1, 0.15) is 12.1 Å². The minimum atomic E-state index is -0.941. The summed E-state index contributed by atoms with van der Waals surface area (Å²) in [5.74, 6) is -1.08. The van der Waals surface area contributed by atoms with Crippen LogP contribution in [0.5, 0.6) is 0 Å². The van der Waals surface area contributed by atoms with Crippen LogP contribution in [0.15, 0.2) is 18.3 Å². The van der Waals surface area contributed by atoms with Crippen molar-refractivity contribution in [3.05, 3.63) is 24.0 Å². The van der Waals surface area contributed by atoms with Gasteiger partial charge in [-0.1, -0.05) is 0 Å². The summed E-state index contributed by atoms with van der Waals surface area (Å²) in [5.41, 5.74) is 6.69. The van der Waals surface area contributed by atoms with Crippen molar-refractivity contribution < 1.29 is 19.4 Å². The maximum Gasteiger partial charge on any atom is 0.305 e. The maximum atomic E-state index is 12.3. The second-order valence-electron chi connectivity index (χ2n) is 4.67. The van der Waals surface area contributed by atoms with E-state index in [1.807, 2.05) is 0 Å². The molecule has 0 spiro atoms. The third-order valence-electron chi connectivity index (χ3n) is 3.14. The molecule has 7 heteroatoms. The van der Waals surface area contributed by atoms with Crippen molar-refractivity contribution in [1.82, 2.24) is 9.88 Å². The Hall–Kier alpha value is -2.15. The van der Waals surface area contributed by atoms with E-state index >= 15 is 0 Å². The van der Waals surface area contributed by atoms with E-state index in [0.717, 1.165) is 0 Å². The molecule has 1 amide bonds. The number of aromatic nitrogens is 1. The molecule has 1 unspecified atom stereocenters. The molecule has 1 aliphatic rings. The molecule has 1 aromatic heterocycles. The molecule has 20 heavy (non-hydrogen) atoms. The Balaban J connectivity index is 2.01. The van der Waals surface area contributed by atoms with Crippen molar-refractivity contribution >= 4 is 17.6 Å². The summed E-state index contributed by atoms with van der Waals surface area (Å²) >= 11 is 0. The zero-order chi connectivity index (χ0) is 14.5. The van der Waals surface area contributed by atoms with Crippen LogP contribution >= 0.6 is 0 Å². The molecule has 0 aliphatic carbocycles. The minimum Gasteiger partial charge on any atom is -0.481 e. The van der Waals surface area contributed by atoms with Gasteiger partial charge in [-0.25, -0.2) is 0 Å². The average Bonchev–Trinajstić information content (AvgIpc) is 2.41. The number of ether oxygens (including phenoxy) is 1. The Labute approximate surface area is 116 Å². The first kappa shape index (κ1) is 14.3. The lowest BCUT2D eigenvalue weighted by atomic mass is 10.1. The standard InChI is InChI=1S/C13H17N3O4/c14-9-1-2-10(15-7-9)5-12(17)16-3-4-20-8-11(16)6-13(18)19/h1-2,7,11H,3-6,8,14H2,(H,18,19). The zero-order valence-corrected chi connectivity index (χ0v) is 11.0. The first-order valence-electron chi connectivity index (χ1n) is 6.35. The number of amides is 1. The molecule has 1 atom stereocenters. The van der Waals surface area contributed by atoms with Gasteiger partial charge in [0.1, 0.15) is 0 Å². The Morgan fingerprint density at radius 1 is 1.50 bits per heavy atom. The lowest BCUT2D eigenvalue weighted by Gasteiger charge is -2.34. The molecule has 2 rings (SSSR count). The molecule has 0 bridgehead atoms. The second kappa shape index (κ2) is 6.33. The summed E-state index contributed by atoms with van der Waals surface area (Å²) in [6.45, 7) is 1.09. The first-order chi connectivity index (χ1) is 9.56. The van der Waals surface area contributed by atoms with Crippen LogP contribution in [0.2, 0.25) is 0 Å². The van der Waals surface area contributed by atoms with Crippen LogP contribution in [0.4, 0.5) is 5.69 Å². The number of nitrogens with zero attached hydrogens (tertiary/aromatic N) is 2. The summed E-state index contributed by atoms with van der Waals surface area (Å²) in [6.07, 6.45) is 1.52.